The molecule has 1 aromatic heterocycles. The highest BCUT2D eigenvalue weighted by Gasteiger charge is 2.27. The van der Waals surface area contributed by atoms with E-state index in [0.29, 0.717) is 6.04 Å². The molecule has 0 radical (unpaired) electrons. The van der Waals surface area contributed by atoms with Gasteiger partial charge in [0, 0.05) is 55.8 Å². The van der Waals surface area contributed by atoms with Gasteiger partial charge in [0.15, 0.2) is 5.96 Å². The SMILES string of the molecule is CCNC(=NCCc1ncc(CC)s1)NC1CCN(C2CCCC2)CC1.I. The zero-order valence-corrected chi connectivity index (χ0v) is 20.0. The van der Waals surface area contributed by atoms with Crippen LogP contribution in [0.2, 0.25) is 0 Å². The van der Waals surface area contributed by atoms with Crippen molar-refractivity contribution in [3.63, 3.8) is 0 Å². The Labute approximate surface area is 185 Å². The van der Waals surface area contributed by atoms with Gasteiger partial charge in [-0.15, -0.1) is 35.3 Å². The van der Waals surface area contributed by atoms with Crippen LogP contribution in [0, 0.1) is 0 Å². The first-order valence-corrected chi connectivity index (χ1v) is 11.3. The van der Waals surface area contributed by atoms with Gasteiger partial charge in [-0.05, 0) is 39.0 Å². The van der Waals surface area contributed by atoms with E-state index in [1.165, 1.54) is 61.5 Å². The maximum Gasteiger partial charge on any atom is 0.191 e. The first kappa shape index (κ1) is 22.9. The van der Waals surface area contributed by atoms with Crippen LogP contribution < -0.4 is 10.6 Å². The Balaban J connectivity index is 0.00000261. The maximum absolute atomic E-state index is 4.78. The van der Waals surface area contributed by atoms with E-state index in [9.17, 15) is 0 Å². The summed E-state index contributed by atoms with van der Waals surface area (Å²) in [6.07, 6.45) is 12.2. The number of piperidine rings is 1. The number of nitrogens with zero attached hydrogens (tertiary/aromatic N) is 3. The van der Waals surface area contributed by atoms with Crippen molar-refractivity contribution in [2.45, 2.75) is 77.3 Å². The van der Waals surface area contributed by atoms with Crippen molar-refractivity contribution in [1.29, 1.82) is 0 Å². The van der Waals surface area contributed by atoms with E-state index in [1.807, 2.05) is 17.5 Å². The van der Waals surface area contributed by atoms with E-state index in [2.05, 4.69) is 34.4 Å². The van der Waals surface area contributed by atoms with E-state index in [-0.39, 0.29) is 24.0 Å². The molecule has 1 aromatic rings. The van der Waals surface area contributed by atoms with Crippen molar-refractivity contribution >= 4 is 41.3 Å². The molecule has 7 heteroatoms. The minimum atomic E-state index is 0. The number of thiazole rings is 1. The highest BCUT2D eigenvalue weighted by Crippen LogP contribution is 2.26. The van der Waals surface area contributed by atoms with Crippen LogP contribution in [0.25, 0.3) is 0 Å². The van der Waals surface area contributed by atoms with Crippen molar-refractivity contribution < 1.29 is 0 Å². The number of nitrogens with one attached hydrogen (secondary N) is 2. The molecule has 3 rings (SSSR count). The largest absolute Gasteiger partial charge is 0.357 e. The van der Waals surface area contributed by atoms with Crippen molar-refractivity contribution in [3.05, 3.63) is 16.1 Å². The van der Waals surface area contributed by atoms with Crippen LogP contribution in [0.4, 0.5) is 0 Å². The van der Waals surface area contributed by atoms with E-state index in [1.54, 1.807) is 0 Å². The topological polar surface area (TPSA) is 52.6 Å². The summed E-state index contributed by atoms with van der Waals surface area (Å²) in [6, 6.07) is 1.42. The molecular formula is C20H36IN5S. The molecule has 2 N–H and O–H groups in total. The molecule has 2 aliphatic rings. The van der Waals surface area contributed by atoms with E-state index in [4.69, 9.17) is 4.99 Å². The van der Waals surface area contributed by atoms with E-state index < -0.39 is 0 Å². The number of aryl methyl sites for hydroxylation is 1. The molecular weight excluding hydrogens is 469 g/mol. The zero-order valence-electron chi connectivity index (χ0n) is 16.9. The van der Waals surface area contributed by atoms with Gasteiger partial charge < -0.3 is 15.5 Å². The molecule has 1 aliphatic heterocycles. The molecule has 1 saturated heterocycles. The summed E-state index contributed by atoms with van der Waals surface area (Å²) in [7, 11) is 0. The molecule has 0 unspecified atom stereocenters. The number of hydrogen-bond acceptors (Lipinski definition) is 4. The molecule has 0 atom stereocenters. The van der Waals surface area contributed by atoms with Crippen LogP contribution in [-0.2, 0) is 12.8 Å². The highest BCUT2D eigenvalue weighted by atomic mass is 127. The normalized spacial score (nSPS) is 19.9. The fourth-order valence-corrected chi connectivity index (χ4v) is 4.93. The first-order valence-electron chi connectivity index (χ1n) is 10.5. The van der Waals surface area contributed by atoms with Crippen LogP contribution in [0.15, 0.2) is 11.2 Å². The monoisotopic (exact) mass is 505 g/mol. The Hall–Kier alpha value is -0.410. The lowest BCUT2D eigenvalue weighted by Crippen LogP contribution is -2.50. The lowest BCUT2D eigenvalue weighted by molar-refractivity contribution is 0.150. The number of likely N-dealkylation sites (tertiary alicyclic amines) is 1. The summed E-state index contributed by atoms with van der Waals surface area (Å²) in [5.74, 6) is 0.971. The van der Waals surface area contributed by atoms with Crippen LogP contribution in [0.3, 0.4) is 0 Å². The Kier molecular flexibility index (Phi) is 10.3. The predicted octanol–water partition coefficient (Wildman–Crippen LogP) is 3.83. The molecule has 1 aliphatic carbocycles. The Bertz CT molecular complexity index is 562. The summed E-state index contributed by atoms with van der Waals surface area (Å²) in [5, 5.41) is 8.27. The summed E-state index contributed by atoms with van der Waals surface area (Å²) >= 11 is 1.82. The van der Waals surface area contributed by atoms with Gasteiger partial charge in [-0.2, -0.15) is 0 Å². The van der Waals surface area contributed by atoms with Gasteiger partial charge in [0.05, 0.1) is 5.01 Å². The standard InChI is InChI=1S/C20H35N5S.HI/c1-3-18-15-23-19(26-18)9-12-22-20(21-4-2)24-16-10-13-25(14-11-16)17-7-5-6-8-17;/h15-17H,3-14H2,1-2H3,(H2,21,22,24);1H. The van der Waals surface area contributed by atoms with Gasteiger partial charge in [-0.25, -0.2) is 4.98 Å². The number of halogens is 1. The summed E-state index contributed by atoms with van der Waals surface area (Å²) in [5.41, 5.74) is 0. The van der Waals surface area contributed by atoms with E-state index >= 15 is 0 Å². The van der Waals surface area contributed by atoms with Crippen molar-refractivity contribution in [3.8, 4) is 0 Å². The quantitative estimate of drug-likeness (QED) is 0.336. The second-order valence-corrected chi connectivity index (χ2v) is 8.68. The van der Waals surface area contributed by atoms with Crippen molar-refractivity contribution in [2.24, 2.45) is 4.99 Å². The van der Waals surface area contributed by atoms with Gasteiger partial charge in [0.2, 0.25) is 0 Å². The summed E-state index contributed by atoms with van der Waals surface area (Å²) in [4.78, 5) is 13.4. The summed E-state index contributed by atoms with van der Waals surface area (Å²) in [6.45, 7) is 8.49. The Morgan fingerprint density at radius 2 is 1.96 bits per heavy atom. The lowest BCUT2D eigenvalue weighted by atomic mass is 10.0. The van der Waals surface area contributed by atoms with Gasteiger partial charge in [-0.1, -0.05) is 19.8 Å². The second-order valence-electron chi connectivity index (χ2n) is 7.48. The minimum absolute atomic E-state index is 0. The smallest absolute Gasteiger partial charge is 0.191 e. The third-order valence-corrected chi connectivity index (χ3v) is 6.80. The van der Waals surface area contributed by atoms with Crippen molar-refractivity contribution in [1.82, 2.24) is 20.5 Å². The Morgan fingerprint density at radius 3 is 2.59 bits per heavy atom. The van der Waals surface area contributed by atoms with E-state index in [0.717, 1.165) is 37.9 Å². The lowest BCUT2D eigenvalue weighted by Gasteiger charge is -2.36. The summed E-state index contributed by atoms with van der Waals surface area (Å²) < 4.78 is 0. The second kappa shape index (κ2) is 12.2. The fraction of sp³-hybridized carbons (Fsp3) is 0.800. The average Bonchev–Trinajstić information content (AvgIpc) is 3.34. The molecule has 0 bridgehead atoms. The molecule has 154 valence electrons. The number of guanidine groups is 1. The minimum Gasteiger partial charge on any atom is -0.357 e. The molecule has 0 aromatic carbocycles. The number of rotatable bonds is 7. The number of aromatic nitrogens is 1. The molecule has 1 saturated carbocycles. The molecule has 5 nitrogen and oxygen atoms in total. The van der Waals surface area contributed by atoms with Crippen molar-refractivity contribution in [2.75, 3.05) is 26.2 Å². The average molecular weight is 506 g/mol. The number of hydrogen-bond donors (Lipinski definition) is 2. The number of aliphatic imine (C=N–C) groups is 1. The van der Waals surface area contributed by atoms with Gasteiger partial charge in [-0.3, -0.25) is 4.99 Å². The van der Waals surface area contributed by atoms with Gasteiger partial charge >= 0.3 is 0 Å². The zero-order chi connectivity index (χ0) is 18.2. The molecule has 2 fully saturated rings. The first-order chi connectivity index (χ1) is 12.8. The van der Waals surface area contributed by atoms with Crippen LogP contribution >= 0.6 is 35.3 Å². The molecule has 0 amide bonds. The third-order valence-electron chi connectivity index (χ3n) is 5.60. The third kappa shape index (κ3) is 7.16. The molecule has 0 spiro atoms. The fourth-order valence-electron chi connectivity index (χ4n) is 4.08. The van der Waals surface area contributed by atoms with Gasteiger partial charge in [0.1, 0.15) is 0 Å². The van der Waals surface area contributed by atoms with Gasteiger partial charge in [0.25, 0.3) is 0 Å². The molecule has 2 heterocycles. The predicted molar refractivity (Wildman–Crippen MR) is 127 cm³/mol. The highest BCUT2D eigenvalue weighted by molar-refractivity contribution is 14.0. The van der Waals surface area contributed by atoms with Crippen LogP contribution in [-0.4, -0.2) is 54.1 Å². The molecule has 27 heavy (non-hydrogen) atoms. The maximum atomic E-state index is 4.78. The van der Waals surface area contributed by atoms with Crippen LogP contribution in [0.5, 0.6) is 0 Å². The van der Waals surface area contributed by atoms with Crippen LogP contribution in [0.1, 0.15) is 62.3 Å². The Morgan fingerprint density at radius 1 is 1.22 bits per heavy atom.